The number of pyridine rings is 1. The molecule has 0 bridgehead atoms. The van der Waals surface area contributed by atoms with Crippen molar-refractivity contribution < 1.29 is 9.59 Å². The van der Waals surface area contributed by atoms with Crippen molar-refractivity contribution in [2.24, 2.45) is 0 Å². The molecular weight excluding hydrogens is 258 g/mol. The third-order valence-electron chi connectivity index (χ3n) is 3.00. The normalized spacial score (nSPS) is 14.8. The van der Waals surface area contributed by atoms with E-state index in [1.807, 2.05) is 11.0 Å². The standard InChI is InChI=1S/C13H19N5O2/c1-14-5-4-12(19)17-10-2-3-11(16-8-10)18-7-6-15-13(20)9-18/h2-3,8,14H,4-7,9H2,1H3,(H,15,20)(H,17,19). The Bertz CT molecular complexity index is 474. The summed E-state index contributed by atoms with van der Waals surface area (Å²) in [5, 5.41) is 8.46. The summed E-state index contributed by atoms with van der Waals surface area (Å²) in [5.41, 5.74) is 0.663. The zero-order valence-corrected chi connectivity index (χ0v) is 11.5. The number of rotatable bonds is 5. The fraction of sp³-hybridized carbons (Fsp3) is 0.462. The minimum absolute atomic E-state index is 0.00231. The number of nitrogens with zero attached hydrogens (tertiary/aromatic N) is 2. The van der Waals surface area contributed by atoms with Gasteiger partial charge in [-0.1, -0.05) is 0 Å². The highest BCUT2D eigenvalue weighted by Crippen LogP contribution is 2.14. The highest BCUT2D eigenvalue weighted by Gasteiger charge is 2.17. The molecule has 1 aromatic rings. The number of hydrogen-bond donors (Lipinski definition) is 3. The summed E-state index contributed by atoms with van der Waals surface area (Å²) >= 11 is 0. The molecule has 1 fully saturated rings. The first kappa shape index (κ1) is 14.3. The summed E-state index contributed by atoms with van der Waals surface area (Å²) in [5.74, 6) is 0.696. The minimum Gasteiger partial charge on any atom is -0.353 e. The molecule has 2 rings (SSSR count). The molecule has 0 spiro atoms. The van der Waals surface area contributed by atoms with E-state index in [1.165, 1.54) is 0 Å². The van der Waals surface area contributed by atoms with Gasteiger partial charge in [0.1, 0.15) is 5.82 Å². The van der Waals surface area contributed by atoms with Crippen molar-refractivity contribution in [3.05, 3.63) is 18.3 Å². The van der Waals surface area contributed by atoms with Gasteiger partial charge in [-0.2, -0.15) is 0 Å². The van der Waals surface area contributed by atoms with Crippen molar-refractivity contribution in [2.75, 3.05) is 43.4 Å². The number of carbonyl (C=O) groups is 2. The monoisotopic (exact) mass is 277 g/mol. The van der Waals surface area contributed by atoms with Gasteiger partial charge in [-0.25, -0.2) is 4.98 Å². The van der Waals surface area contributed by atoms with Gasteiger partial charge in [0.05, 0.1) is 18.4 Å². The quantitative estimate of drug-likeness (QED) is 0.679. The van der Waals surface area contributed by atoms with E-state index in [4.69, 9.17) is 0 Å². The first-order valence-corrected chi connectivity index (χ1v) is 6.61. The van der Waals surface area contributed by atoms with E-state index in [0.717, 1.165) is 12.4 Å². The van der Waals surface area contributed by atoms with Crippen LogP contribution >= 0.6 is 0 Å². The summed E-state index contributed by atoms with van der Waals surface area (Å²) < 4.78 is 0. The second-order valence-electron chi connectivity index (χ2n) is 4.58. The fourth-order valence-electron chi connectivity index (χ4n) is 1.94. The predicted octanol–water partition coefficient (Wildman–Crippen LogP) is -0.434. The third kappa shape index (κ3) is 3.92. The van der Waals surface area contributed by atoms with Crippen LogP contribution in [0.4, 0.5) is 11.5 Å². The smallest absolute Gasteiger partial charge is 0.239 e. The van der Waals surface area contributed by atoms with Gasteiger partial charge in [0.25, 0.3) is 0 Å². The molecule has 7 nitrogen and oxygen atoms in total. The molecule has 1 aliphatic rings. The van der Waals surface area contributed by atoms with Crippen LogP contribution in [0.3, 0.4) is 0 Å². The number of nitrogens with one attached hydrogen (secondary N) is 3. The number of anilines is 2. The van der Waals surface area contributed by atoms with Gasteiger partial charge in [-0.3, -0.25) is 9.59 Å². The lowest BCUT2D eigenvalue weighted by Crippen LogP contribution is -2.48. The van der Waals surface area contributed by atoms with Crippen molar-refractivity contribution in [3.63, 3.8) is 0 Å². The number of amides is 2. The van der Waals surface area contributed by atoms with Crippen LogP contribution in [0, 0.1) is 0 Å². The lowest BCUT2D eigenvalue weighted by Gasteiger charge is -2.27. The van der Waals surface area contributed by atoms with E-state index < -0.39 is 0 Å². The second-order valence-corrected chi connectivity index (χ2v) is 4.58. The van der Waals surface area contributed by atoms with Crippen LogP contribution in [0.1, 0.15) is 6.42 Å². The van der Waals surface area contributed by atoms with Gasteiger partial charge in [0, 0.05) is 26.1 Å². The third-order valence-corrected chi connectivity index (χ3v) is 3.00. The first-order chi connectivity index (χ1) is 9.69. The Kier molecular flexibility index (Phi) is 4.89. The highest BCUT2D eigenvalue weighted by atomic mass is 16.2. The van der Waals surface area contributed by atoms with E-state index in [1.54, 1.807) is 19.3 Å². The molecule has 2 heterocycles. The zero-order chi connectivity index (χ0) is 14.4. The average molecular weight is 277 g/mol. The molecule has 0 atom stereocenters. The van der Waals surface area contributed by atoms with Crippen LogP contribution in [-0.4, -0.2) is 50.0 Å². The first-order valence-electron chi connectivity index (χ1n) is 6.61. The van der Waals surface area contributed by atoms with Gasteiger partial charge in [-0.05, 0) is 19.2 Å². The van der Waals surface area contributed by atoms with E-state index >= 15 is 0 Å². The lowest BCUT2D eigenvalue weighted by atomic mass is 10.3. The molecular formula is C13H19N5O2. The molecule has 0 saturated carbocycles. The van der Waals surface area contributed by atoms with E-state index in [0.29, 0.717) is 31.7 Å². The van der Waals surface area contributed by atoms with E-state index in [-0.39, 0.29) is 11.8 Å². The zero-order valence-electron chi connectivity index (χ0n) is 11.5. The molecule has 3 N–H and O–H groups in total. The molecule has 108 valence electrons. The van der Waals surface area contributed by atoms with Gasteiger partial charge in [0.2, 0.25) is 11.8 Å². The van der Waals surface area contributed by atoms with Crippen LogP contribution in [0.15, 0.2) is 18.3 Å². The Hall–Kier alpha value is -2.15. The summed E-state index contributed by atoms with van der Waals surface area (Å²) in [6.45, 7) is 2.33. The van der Waals surface area contributed by atoms with Gasteiger partial charge >= 0.3 is 0 Å². The molecule has 2 amide bonds. The van der Waals surface area contributed by atoms with Crippen molar-refractivity contribution >= 4 is 23.3 Å². The van der Waals surface area contributed by atoms with Crippen molar-refractivity contribution in [2.45, 2.75) is 6.42 Å². The Morgan fingerprint density at radius 2 is 2.35 bits per heavy atom. The average Bonchev–Trinajstić information content (AvgIpc) is 2.46. The van der Waals surface area contributed by atoms with Crippen molar-refractivity contribution in [1.29, 1.82) is 0 Å². The van der Waals surface area contributed by atoms with Crippen LogP contribution < -0.4 is 20.9 Å². The summed E-state index contributed by atoms with van der Waals surface area (Å²) in [4.78, 5) is 29.1. The maximum Gasteiger partial charge on any atom is 0.239 e. The van der Waals surface area contributed by atoms with Crippen molar-refractivity contribution in [1.82, 2.24) is 15.6 Å². The van der Waals surface area contributed by atoms with Crippen molar-refractivity contribution in [3.8, 4) is 0 Å². The molecule has 1 saturated heterocycles. The minimum atomic E-state index is -0.0498. The molecule has 0 unspecified atom stereocenters. The number of aromatic nitrogens is 1. The molecule has 20 heavy (non-hydrogen) atoms. The molecule has 0 aromatic carbocycles. The lowest BCUT2D eigenvalue weighted by molar-refractivity contribution is -0.120. The summed E-state index contributed by atoms with van der Waals surface area (Å²) in [6.07, 6.45) is 2.03. The molecule has 7 heteroatoms. The fourth-order valence-corrected chi connectivity index (χ4v) is 1.94. The Labute approximate surface area is 117 Å². The van der Waals surface area contributed by atoms with Crippen LogP contribution in [0.5, 0.6) is 0 Å². The van der Waals surface area contributed by atoms with Crippen LogP contribution in [0.2, 0.25) is 0 Å². The maximum absolute atomic E-state index is 11.6. The Morgan fingerprint density at radius 1 is 1.50 bits per heavy atom. The molecule has 1 aliphatic heterocycles. The van der Waals surface area contributed by atoms with Gasteiger partial charge in [-0.15, -0.1) is 0 Å². The van der Waals surface area contributed by atoms with E-state index in [9.17, 15) is 9.59 Å². The SMILES string of the molecule is CNCCC(=O)Nc1ccc(N2CCNC(=O)C2)nc1. The Balaban J connectivity index is 1.92. The summed E-state index contributed by atoms with van der Waals surface area (Å²) in [6, 6.07) is 3.61. The number of hydrogen-bond acceptors (Lipinski definition) is 5. The largest absolute Gasteiger partial charge is 0.353 e. The second kappa shape index (κ2) is 6.85. The molecule has 1 aromatic heterocycles. The number of carbonyl (C=O) groups excluding carboxylic acids is 2. The van der Waals surface area contributed by atoms with E-state index in [2.05, 4.69) is 20.9 Å². The topological polar surface area (TPSA) is 86.4 Å². The van der Waals surface area contributed by atoms with Crippen LogP contribution in [0.25, 0.3) is 0 Å². The molecule has 0 radical (unpaired) electrons. The number of piperazine rings is 1. The van der Waals surface area contributed by atoms with Crippen LogP contribution in [-0.2, 0) is 9.59 Å². The highest BCUT2D eigenvalue weighted by molar-refractivity contribution is 5.90. The molecule has 0 aliphatic carbocycles. The Morgan fingerprint density at radius 3 is 3.00 bits per heavy atom. The predicted molar refractivity (Wildman–Crippen MR) is 76.6 cm³/mol. The van der Waals surface area contributed by atoms with Gasteiger partial charge < -0.3 is 20.9 Å². The summed E-state index contributed by atoms with van der Waals surface area (Å²) in [7, 11) is 1.80. The maximum atomic E-state index is 11.6. The van der Waals surface area contributed by atoms with Gasteiger partial charge in [0.15, 0.2) is 0 Å².